The number of nitrogens with zero attached hydrogens (tertiary/aromatic N) is 2. The lowest BCUT2D eigenvalue weighted by molar-refractivity contribution is 0.854. The molecule has 0 saturated carbocycles. The highest BCUT2D eigenvalue weighted by Crippen LogP contribution is 2.16. The van der Waals surface area contributed by atoms with Crippen LogP contribution in [0.15, 0.2) is 91.5 Å². The molecule has 3 heteroatoms. The van der Waals surface area contributed by atoms with Gasteiger partial charge in [-0.25, -0.2) is 4.98 Å². The second-order valence-electron chi connectivity index (χ2n) is 6.51. The normalized spacial score (nSPS) is 11.9. The van der Waals surface area contributed by atoms with Gasteiger partial charge < -0.3 is 4.57 Å². The second kappa shape index (κ2) is 8.63. The largest absolute Gasteiger partial charge is 0.340 e. The van der Waals surface area contributed by atoms with Crippen LogP contribution in [0.3, 0.4) is 0 Å². The summed E-state index contributed by atoms with van der Waals surface area (Å²) in [6.45, 7) is 2.23. The van der Waals surface area contributed by atoms with Gasteiger partial charge in [-0.05, 0) is 12.5 Å². The first-order chi connectivity index (χ1) is 12.3. The lowest BCUT2D eigenvalue weighted by atomic mass is 10.3. The first kappa shape index (κ1) is 17.4. The van der Waals surface area contributed by atoms with Gasteiger partial charge in [-0.2, -0.15) is 0 Å². The van der Waals surface area contributed by atoms with E-state index in [9.17, 15) is 0 Å². The summed E-state index contributed by atoms with van der Waals surface area (Å²) >= 11 is 0. The zero-order valence-corrected chi connectivity index (χ0v) is 15.9. The van der Waals surface area contributed by atoms with Gasteiger partial charge >= 0.3 is 0 Å². The van der Waals surface area contributed by atoms with Crippen LogP contribution >= 0.6 is 0 Å². The molecule has 2 aromatic carbocycles. The van der Waals surface area contributed by atoms with E-state index in [0.29, 0.717) is 0 Å². The first-order valence-corrected chi connectivity index (χ1v) is 11.5. The van der Waals surface area contributed by atoms with Gasteiger partial charge in [-0.1, -0.05) is 96.5 Å². The monoisotopic (exact) mass is 346 g/mol. The number of hydrogen-bond acceptors (Lipinski definition) is 1. The number of rotatable bonds is 8. The zero-order chi connectivity index (χ0) is 17.4. The van der Waals surface area contributed by atoms with E-state index in [4.69, 9.17) is 0 Å². The molecule has 0 radical (unpaired) electrons. The Bertz CT molecular complexity index is 725. The molecule has 1 heterocycles. The molecular formula is C22H26N2Si. The molecule has 0 bridgehead atoms. The molecule has 128 valence electrons. The van der Waals surface area contributed by atoms with Crippen molar-refractivity contribution in [3.63, 3.8) is 0 Å². The Kier molecular flexibility index (Phi) is 6.02. The lowest BCUT2D eigenvalue weighted by Crippen LogP contribution is -2.61. The summed E-state index contributed by atoms with van der Waals surface area (Å²) in [5.41, 5.74) is 0. The van der Waals surface area contributed by atoms with E-state index in [1.54, 1.807) is 0 Å². The third-order valence-corrected chi connectivity index (χ3v) is 9.47. The van der Waals surface area contributed by atoms with Gasteiger partial charge in [0, 0.05) is 18.6 Å². The number of allylic oxidation sites excluding steroid dienone is 2. The van der Waals surface area contributed by atoms with Gasteiger partial charge in [0.2, 0.25) is 0 Å². The van der Waals surface area contributed by atoms with Crippen LogP contribution in [0.5, 0.6) is 0 Å². The maximum Gasteiger partial charge on any atom is 0.141 e. The molecule has 0 unspecified atom stereocenters. The standard InChI is InChI=1S/C22H26N2Si/c1-2-3-4-11-18-25(20-24-17-16-23-19-24,21-12-7-5-8-13-21)22-14-9-6-10-15-22/h4-17,19H,2-3,18,20H2,1H3. The molecule has 0 N–H and O–H groups in total. The van der Waals surface area contributed by atoms with Crippen LogP contribution in [0.4, 0.5) is 0 Å². The Morgan fingerprint density at radius 3 is 2.08 bits per heavy atom. The summed E-state index contributed by atoms with van der Waals surface area (Å²) in [5.74, 6) is 0. The average molecular weight is 347 g/mol. The Morgan fingerprint density at radius 2 is 1.56 bits per heavy atom. The molecule has 3 rings (SSSR count). The van der Waals surface area contributed by atoms with E-state index in [1.165, 1.54) is 16.8 Å². The number of aromatic nitrogens is 2. The SMILES string of the molecule is CCCC=CC[Si](Cn1ccnc1)(c1ccccc1)c1ccccc1. The third-order valence-electron chi connectivity index (χ3n) is 4.75. The number of benzene rings is 2. The third kappa shape index (κ3) is 4.17. The first-order valence-electron chi connectivity index (χ1n) is 9.07. The molecule has 0 fully saturated rings. The highest BCUT2D eigenvalue weighted by atomic mass is 28.3. The van der Waals surface area contributed by atoms with Crippen LogP contribution in [-0.4, -0.2) is 17.6 Å². The fraction of sp³-hybridized carbons (Fsp3) is 0.227. The molecule has 0 aliphatic carbocycles. The van der Waals surface area contributed by atoms with E-state index in [2.05, 4.69) is 95.5 Å². The fourth-order valence-electron chi connectivity index (χ4n) is 3.42. The van der Waals surface area contributed by atoms with E-state index in [0.717, 1.165) is 18.6 Å². The van der Waals surface area contributed by atoms with E-state index in [-0.39, 0.29) is 0 Å². The number of unbranched alkanes of at least 4 members (excludes halogenated alkanes) is 1. The molecule has 25 heavy (non-hydrogen) atoms. The van der Waals surface area contributed by atoms with Gasteiger partial charge in [0.05, 0.1) is 6.33 Å². The smallest absolute Gasteiger partial charge is 0.141 e. The van der Waals surface area contributed by atoms with Gasteiger partial charge in [0.25, 0.3) is 0 Å². The molecule has 0 aliphatic heterocycles. The molecular weight excluding hydrogens is 320 g/mol. The molecule has 0 saturated heterocycles. The second-order valence-corrected chi connectivity index (χ2v) is 10.6. The quantitative estimate of drug-likeness (QED) is 0.444. The van der Waals surface area contributed by atoms with E-state index < -0.39 is 8.07 Å². The van der Waals surface area contributed by atoms with Crippen molar-refractivity contribution in [3.05, 3.63) is 91.5 Å². The van der Waals surface area contributed by atoms with Crippen molar-refractivity contribution in [2.45, 2.75) is 32.0 Å². The van der Waals surface area contributed by atoms with Crippen LogP contribution in [0.25, 0.3) is 0 Å². The molecule has 3 aromatic rings. The zero-order valence-electron chi connectivity index (χ0n) is 14.9. The van der Waals surface area contributed by atoms with Crippen molar-refractivity contribution in [2.75, 3.05) is 0 Å². The molecule has 0 atom stereocenters. The summed E-state index contributed by atoms with van der Waals surface area (Å²) in [4.78, 5) is 4.27. The minimum absolute atomic E-state index is 1.01. The minimum Gasteiger partial charge on any atom is -0.340 e. The predicted molar refractivity (Wildman–Crippen MR) is 109 cm³/mol. The van der Waals surface area contributed by atoms with Crippen LogP contribution in [-0.2, 0) is 6.17 Å². The van der Waals surface area contributed by atoms with E-state index in [1.807, 2.05) is 12.5 Å². The summed E-state index contributed by atoms with van der Waals surface area (Å²) in [7, 11) is -1.97. The molecule has 0 amide bonds. The maximum atomic E-state index is 4.27. The van der Waals surface area contributed by atoms with Gasteiger partial charge in [-0.3, -0.25) is 0 Å². The highest BCUT2D eigenvalue weighted by molar-refractivity contribution is 7.01. The van der Waals surface area contributed by atoms with Crippen molar-refractivity contribution in [1.29, 1.82) is 0 Å². The molecule has 1 aromatic heterocycles. The number of hydrogen-bond donors (Lipinski definition) is 0. The Hall–Kier alpha value is -2.39. The lowest BCUT2D eigenvalue weighted by Gasteiger charge is -2.32. The Morgan fingerprint density at radius 1 is 0.920 bits per heavy atom. The Balaban J connectivity index is 2.08. The van der Waals surface area contributed by atoms with Crippen molar-refractivity contribution in [3.8, 4) is 0 Å². The summed E-state index contributed by atoms with van der Waals surface area (Å²) in [5, 5.41) is 2.96. The molecule has 0 aliphatic rings. The summed E-state index contributed by atoms with van der Waals surface area (Å²) < 4.78 is 2.25. The van der Waals surface area contributed by atoms with Gasteiger partial charge in [0.1, 0.15) is 8.07 Å². The number of imidazole rings is 1. The summed E-state index contributed by atoms with van der Waals surface area (Å²) in [6.07, 6.45) is 14.0. The maximum absolute atomic E-state index is 4.27. The van der Waals surface area contributed by atoms with Gasteiger partial charge in [0.15, 0.2) is 0 Å². The van der Waals surface area contributed by atoms with Gasteiger partial charge in [-0.15, -0.1) is 0 Å². The van der Waals surface area contributed by atoms with Crippen LogP contribution in [0.1, 0.15) is 19.8 Å². The van der Waals surface area contributed by atoms with Crippen molar-refractivity contribution in [2.24, 2.45) is 0 Å². The van der Waals surface area contributed by atoms with Crippen LogP contribution in [0, 0.1) is 0 Å². The minimum atomic E-state index is -1.97. The average Bonchev–Trinajstić information content (AvgIpc) is 3.19. The van der Waals surface area contributed by atoms with Crippen LogP contribution in [0.2, 0.25) is 6.04 Å². The Labute approximate surface area is 151 Å². The molecule has 2 nitrogen and oxygen atoms in total. The topological polar surface area (TPSA) is 17.8 Å². The predicted octanol–water partition coefficient (Wildman–Crippen LogP) is 4.04. The van der Waals surface area contributed by atoms with Crippen molar-refractivity contribution in [1.82, 2.24) is 9.55 Å². The fourth-order valence-corrected chi connectivity index (χ4v) is 7.76. The summed E-state index contributed by atoms with van der Waals surface area (Å²) in [6, 6.07) is 23.2. The van der Waals surface area contributed by atoms with Crippen LogP contribution < -0.4 is 10.4 Å². The highest BCUT2D eigenvalue weighted by Gasteiger charge is 2.36. The van der Waals surface area contributed by atoms with E-state index >= 15 is 0 Å². The van der Waals surface area contributed by atoms with Crippen molar-refractivity contribution < 1.29 is 0 Å². The van der Waals surface area contributed by atoms with Crippen molar-refractivity contribution >= 4 is 18.4 Å². The molecule has 0 spiro atoms.